The Morgan fingerprint density at radius 2 is 2.09 bits per heavy atom. The van der Waals surface area contributed by atoms with Gasteiger partial charge in [0.05, 0.1) is 10.5 Å². The van der Waals surface area contributed by atoms with Gasteiger partial charge in [-0.2, -0.15) is 0 Å². The van der Waals surface area contributed by atoms with E-state index in [9.17, 15) is 9.18 Å². The predicted molar refractivity (Wildman–Crippen MR) is 132 cm³/mol. The Bertz CT molecular complexity index is 1480. The van der Waals surface area contributed by atoms with E-state index in [4.69, 9.17) is 20.8 Å². The molecule has 5 rings (SSSR count). The number of anilines is 1. The number of carbonyl (C=O) groups is 1. The van der Waals surface area contributed by atoms with E-state index in [1.54, 1.807) is 18.2 Å². The fourth-order valence-electron chi connectivity index (χ4n) is 4.06. The van der Waals surface area contributed by atoms with Crippen LogP contribution in [0.1, 0.15) is 29.5 Å². The van der Waals surface area contributed by atoms with Crippen molar-refractivity contribution in [3.63, 3.8) is 0 Å². The fourth-order valence-corrected chi connectivity index (χ4v) is 4.43. The van der Waals surface area contributed by atoms with Crippen molar-refractivity contribution < 1.29 is 18.3 Å². The number of allylic oxidation sites excluding steroid dienone is 4. The molecule has 1 aliphatic carbocycles. The summed E-state index contributed by atoms with van der Waals surface area (Å²) in [6, 6.07) is 15.4. The van der Waals surface area contributed by atoms with Gasteiger partial charge in [-0.15, -0.1) is 0 Å². The number of halogens is 2. The minimum atomic E-state index is -0.300. The molecule has 6 nitrogen and oxygen atoms in total. The minimum absolute atomic E-state index is 0.0112. The van der Waals surface area contributed by atoms with E-state index >= 15 is 0 Å². The molecule has 1 unspecified atom stereocenters. The van der Waals surface area contributed by atoms with Gasteiger partial charge in [0.1, 0.15) is 36.1 Å². The maximum absolute atomic E-state index is 13.5. The lowest BCUT2D eigenvalue weighted by Crippen LogP contribution is -2.15. The zero-order valence-corrected chi connectivity index (χ0v) is 19.6. The largest absolute Gasteiger partial charge is 0.491 e. The van der Waals surface area contributed by atoms with Crippen LogP contribution in [0.25, 0.3) is 22.2 Å². The van der Waals surface area contributed by atoms with E-state index in [-0.39, 0.29) is 24.1 Å². The SMILES string of the molecule is CC1CC(Nc2ncnc3ccc(-c4ccc(C=O)o4)cc23)=CC(Cl)=C1OCc1cccc(F)c1. The molecule has 176 valence electrons. The molecule has 1 aliphatic rings. The Balaban J connectivity index is 1.39. The monoisotopic (exact) mass is 489 g/mol. The summed E-state index contributed by atoms with van der Waals surface area (Å²) < 4.78 is 25.0. The van der Waals surface area contributed by atoms with Crippen molar-refractivity contribution in [1.29, 1.82) is 0 Å². The normalized spacial score (nSPS) is 15.7. The van der Waals surface area contributed by atoms with Crippen LogP contribution in [0.4, 0.5) is 10.2 Å². The standard InChI is InChI=1S/C27H21ClFN3O3/c1-16-9-20(12-23(28)26(16)34-14-17-3-2-4-19(29)10-17)32-27-22-11-18(5-7-24(22)30-15-31-27)25-8-6-21(13-33)35-25/h2-8,10-13,15-16H,9,14H2,1H3,(H,30,31,32). The summed E-state index contributed by atoms with van der Waals surface area (Å²) in [6.07, 6.45) is 4.65. The number of ether oxygens (including phenoxy) is 1. The van der Waals surface area contributed by atoms with Gasteiger partial charge in [-0.1, -0.05) is 30.7 Å². The first-order valence-corrected chi connectivity index (χ1v) is 11.4. The van der Waals surface area contributed by atoms with Gasteiger partial charge in [-0.3, -0.25) is 4.79 Å². The van der Waals surface area contributed by atoms with E-state index in [2.05, 4.69) is 15.3 Å². The predicted octanol–water partition coefficient (Wildman–Crippen LogP) is 6.84. The lowest BCUT2D eigenvalue weighted by Gasteiger charge is -2.25. The molecule has 0 amide bonds. The van der Waals surface area contributed by atoms with Crippen molar-refractivity contribution in [3.05, 3.63) is 101 Å². The Morgan fingerprint density at radius 3 is 2.86 bits per heavy atom. The average Bonchev–Trinajstić information content (AvgIpc) is 3.33. The maximum Gasteiger partial charge on any atom is 0.185 e. The molecular formula is C27H21ClFN3O3. The molecule has 0 spiro atoms. The van der Waals surface area contributed by atoms with E-state index in [0.717, 1.165) is 27.7 Å². The lowest BCUT2D eigenvalue weighted by atomic mass is 9.97. The number of furan rings is 1. The van der Waals surface area contributed by atoms with Crippen LogP contribution in [-0.2, 0) is 11.3 Å². The van der Waals surface area contributed by atoms with Crippen LogP contribution in [0.5, 0.6) is 0 Å². The summed E-state index contributed by atoms with van der Waals surface area (Å²) in [5.41, 5.74) is 3.19. The third-order valence-corrected chi connectivity index (χ3v) is 6.03. The molecule has 2 heterocycles. The summed E-state index contributed by atoms with van der Waals surface area (Å²) in [4.78, 5) is 19.8. The second-order valence-electron chi connectivity index (χ2n) is 8.30. The molecule has 0 radical (unpaired) electrons. The summed E-state index contributed by atoms with van der Waals surface area (Å²) in [5, 5.41) is 4.67. The fraction of sp³-hybridized carbons (Fsp3) is 0.148. The molecule has 8 heteroatoms. The second-order valence-corrected chi connectivity index (χ2v) is 8.71. The molecule has 0 saturated carbocycles. The van der Waals surface area contributed by atoms with Gasteiger partial charge in [0.25, 0.3) is 0 Å². The second kappa shape index (κ2) is 9.72. The molecule has 1 atom stereocenters. The number of carbonyl (C=O) groups excluding carboxylic acids is 1. The number of nitrogens with zero attached hydrogens (tertiary/aromatic N) is 2. The number of aromatic nitrogens is 2. The Kier molecular flexibility index (Phi) is 6.33. The van der Waals surface area contributed by atoms with Crippen molar-refractivity contribution in [2.24, 2.45) is 5.92 Å². The highest BCUT2D eigenvalue weighted by Gasteiger charge is 2.22. The molecule has 1 N–H and O–H groups in total. The highest BCUT2D eigenvalue weighted by atomic mass is 35.5. The third kappa shape index (κ3) is 4.95. The van der Waals surface area contributed by atoms with Crippen molar-refractivity contribution in [2.45, 2.75) is 20.0 Å². The molecule has 0 aliphatic heterocycles. The van der Waals surface area contributed by atoms with Crippen LogP contribution in [0.15, 0.2) is 87.9 Å². The number of hydrogen-bond acceptors (Lipinski definition) is 6. The summed E-state index contributed by atoms with van der Waals surface area (Å²) in [5.74, 6) is 1.86. The van der Waals surface area contributed by atoms with Crippen LogP contribution in [0.2, 0.25) is 0 Å². The minimum Gasteiger partial charge on any atom is -0.491 e. The molecule has 0 fully saturated rings. The number of rotatable bonds is 7. The average molecular weight is 490 g/mol. The van der Waals surface area contributed by atoms with Crippen LogP contribution in [0, 0.1) is 11.7 Å². The molecule has 35 heavy (non-hydrogen) atoms. The molecule has 2 aromatic heterocycles. The number of fused-ring (bicyclic) bond motifs is 1. The van der Waals surface area contributed by atoms with Gasteiger partial charge in [-0.05, 0) is 60.5 Å². The Morgan fingerprint density at radius 1 is 1.20 bits per heavy atom. The van der Waals surface area contributed by atoms with Crippen LogP contribution >= 0.6 is 11.6 Å². The first-order chi connectivity index (χ1) is 17.0. The summed E-state index contributed by atoms with van der Waals surface area (Å²) in [6.45, 7) is 2.26. The highest BCUT2D eigenvalue weighted by Crippen LogP contribution is 2.35. The van der Waals surface area contributed by atoms with Crippen LogP contribution in [-0.4, -0.2) is 16.3 Å². The van der Waals surface area contributed by atoms with E-state index < -0.39 is 0 Å². The van der Waals surface area contributed by atoms with E-state index in [0.29, 0.717) is 35.1 Å². The number of hydrogen-bond donors (Lipinski definition) is 1. The van der Waals surface area contributed by atoms with Gasteiger partial charge in [0.15, 0.2) is 12.0 Å². The van der Waals surface area contributed by atoms with Crippen molar-refractivity contribution in [1.82, 2.24) is 9.97 Å². The van der Waals surface area contributed by atoms with Crippen molar-refractivity contribution in [3.8, 4) is 11.3 Å². The van der Waals surface area contributed by atoms with Crippen molar-refractivity contribution >= 4 is 34.6 Å². The smallest absolute Gasteiger partial charge is 0.185 e. The summed E-state index contributed by atoms with van der Waals surface area (Å²) in [7, 11) is 0. The number of aldehydes is 1. The Labute approximate surface area is 206 Å². The molecular weight excluding hydrogens is 469 g/mol. The summed E-state index contributed by atoms with van der Waals surface area (Å²) >= 11 is 6.57. The topological polar surface area (TPSA) is 77.3 Å². The van der Waals surface area contributed by atoms with E-state index in [1.807, 2.05) is 37.3 Å². The van der Waals surface area contributed by atoms with Gasteiger partial charge < -0.3 is 14.5 Å². The van der Waals surface area contributed by atoms with Crippen molar-refractivity contribution in [2.75, 3.05) is 5.32 Å². The molecule has 0 bridgehead atoms. The van der Waals surface area contributed by atoms with Crippen LogP contribution in [0.3, 0.4) is 0 Å². The quantitative estimate of drug-likeness (QED) is 0.286. The number of benzene rings is 2. The van der Waals surface area contributed by atoms with Gasteiger partial charge in [0.2, 0.25) is 0 Å². The third-order valence-electron chi connectivity index (χ3n) is 5.74. The molecule has 0 saturated heterocycles. The first-order valence-electron chi connectivity index (χ1n) is 11.0. The van der Waals surface area contributed by atoms with Gasteiger partial charge in [-0.25, -0.2) is 14.4 Å². The van der Waals surface area contributed by atoms with Gasteiger partial charge in [0, 0.05) is 22.6 Å². The number of nitrogens with one attached hydrogen (secondary N) is 1. The highest BCUT2D eigenvalue weighted by molar-refractivity contribution is 6.31. The lowest BCUT2D eigenvalue weighted by molar-refractivity contribution is 0.110. The molecule has 4 aromatic rings. The zero-order chi connectivity index (χ0) is 24.4. The van der Waals surface area contributed by atoms with Crippen LogP contribution < -0.4 is 5.32 Å². The Hall–Kier alpha value is -3.97. The molecule has 2 aromatic carbocycles. The first kappa shape index (κ1) is 22.8. The maximum atomic E-state index is 13.5. The van der Waals surface area contributed by atoms with Gasteiger partial charge >= 0.3 is 0 Å². The zero-order valence-electron chi connectivity index (χ0n) is 18.8. The van der Waals surface area contributed by atoms with E-state index in [1.165, 1.54) is 18.5 Å².